The lowest BCUT2D eigenvalue weighted by Gasteiger charge is -2.25. The molecule has 0 bridgehead atoms. The largest absolute Gasteiger partial charge is 0.495 e. The van der Waals surface area contributed by atoms with E-state index in [4.69, 9.17) is 4.74 Å². The van der Waals surface area contributed by atoms with Crippen LogP contribution in [0.3, 0.4) is 0 Å². The van der Waals surface area contributed by atoms with Gasteiger partial charge in [-0.2, -0.15) is 0 Å². The van der Waals surface area contributed by atoms with Crippen LogP contribution in [0.2, 0.25) is 0 Å². The van der Waals surface area contributed by atoms with Gasteiger partial charge in [-0.1, -0.05) is 66.8 Å². The van der Waals surface area contributed by atoms with E-state index in [-0.39, 0.29) is 10.6 Å². The fraction of sp³-hybridized carbons (Fsp3) is 0.286. The molecule has 0 fully saturated rings. The van der Waals surface area contributed by atoms with Crippen molar-refractivity contribution in [1.82, 2.24) is 10.2 Å². The SMILES string of the molecule is COc1ccccc1N(CC(=O)Nc1nnc(SC(C)C)s1)S(=O)(=O)c1ccc(C)cc1. The van der Waals surface area contributed by atoms with Crippen LogP contribution in [0.15, 0.2) is 57.8 Å². The standard InChI is InChI=1S/C21H24N4O4S3/c1-14(2)30-21-24-23-20(31-21)22-19(26)13-25(17-7-5-6-8-18(17)29-4)32(27,28)16-11-9-15(3)10-12-16/h5-12,14H,13H2,1-4H3,(H,22,23,26). The monoisotopic (exact) mass is 492 g/mol. The van der Waals surface area contributed by atoms with Gasteiger partial charge >= 0.3 is 0 Å². The van der Waals surface area contributed by atoms with Gasteiger partial charge in [-0.3, -0.25) is 14.4 Å². The molecule has 0 aliphatic carbocycles. The number of aryl methyl sites for hydroxylation is 1. The van der Waals surface area contributed by atoms with Crippen molar-refractivity contribution in [1.29, 1.82) is 0 Å². The molecule has 1 amide bonds. The number of rotatable bonds is 9. The third-order valence-corrected chi connectivity index (χ3v) is 7.94. The first-order chi connectivity index (χ1) is 15.2. The number of hydrogen-bond acceptors (Lipinski definition) is 8. The normalized spacial score (nSPS) is 11.4. The van der Waals surface area contributed by atoms with Gasteiger partial charge in [0.25, 0.3) is 10.0 Å². The summed E-state index contributed by atoms with van der Waals surface area (Å²) in [4.78, 5) is 12.9. The number of carbonyl (C=O) groups excluding carboxylic acids is 1. The van der Waals surface area contributed by atoms with Crippen molar-refractivity contribution >= 4 is 49.8 Å². The number of para-hydroxylation sites is 2. The molecule has 32 heavy (non-hydrogen) atoms. The van der Waals surface area contributed by atoms with Crippen LogP contribution in [0, 0.1) is 6.92 Å². The highest BCUT2D eigenvalue weighted by molar-refractivity contribution is 8.01. The Labute approximate surface area is 196 Å². The van der Waals surface area contributed by atoms with Gasteiger partial charge in [0.05, 0.1) is 17.7 Å². The summed E-state index contributed by atoms with van der Waals surface area (Å²) in [6, 6.07) is 13.1. The molecule has 170 valence electrons. The first kappa shape index (κ1) is 24.0. The lowest BCUT2D eigenvalue weighted by atomic mass is 10.2. The van der Waals surface area contributed by atoms with Crippen LogP contribution < -0.4 is 14.4 Å². The summed E-state index contributed by atoms with van der Waals surface area (Å²) < 4.78 is 34.1. The summed E-state index contributed by atoms with van der Waals surface area (Å²) in [5, 5.41) is 11.3. The van der Waals surface area contributed by atoms with E-state index in [1.54, 1.807) is 36.4 Å². The topological polar surface area (TPSA) is 101 Å². The molecule has 0 radical (unpaired) electrons. The first-order valence-electron chi connectivity index (χ1n) is 9.73. The molecule has 1 aromatic heterocycles. The number of thioether (sulfide) groups is 1. The van der Waals surface area contributed by atoms with Crippen molar-refractivity contribution in [3.63, 3.8) is 0 Å². The van der Waals surface area contributed by atoms with Gasteiger partial charge in [-0.15, -0.1) is 10.2 Å². The Hall–Kier alpha value is -2.63. The second-order valence-corrected chi connectivity index (χ2v) is 11.7. The van der Waals surface area contributed by atoms with Crippen LogP contribution in [-0.2, 0) is 14.8 Å². The Morgan fingerprint density at radius 1 is 1.16 bits per heavy atom. The van der Waals surface area contributed by atoms with E-state index in [1.807, 2.05) is 20.8 Å². The van der Waals surface area contributed by atoms with Gasteiger partial charge in [0.2, 0.25) is 11.0 Å². The molecule has 0 aliphatic heterocycles. The minimum Gasteiger partial charge on any atom is -0.495 e. The number of methoxy groups -OCH3 is 1. The first-order valence-corrected chi connectivity index (χ1v) is 12.9. The summed E-state index contributed by atoms with van der Waals surface area (Å²) in [6.07, 6.45) is 0. The quantitative estimate of drug-likeness (QED) is 0.353. The van der Waals surface area contributed by atoms with E-state index in [0.29, 0.717) is 16.1 Å². The van der Waals surface area contributed by atoms with E-state index in [9.17, 15) is 13.2 Å². The van der Waals surface area contributed by atoms with Crippen LogP contribution in [0.1, 0.15) is 19.4 Å². The maximum Gasteiger partial charge on any atom is 0.264 e. The van der Waals surface area contributed by atoms with Crippen molar-refractivity contribution in [3.05, 3.63) is 54.1 Å². The second-order valence-electron chi connectivity index (χ2n) is 7.08. The Morgan fingerprint density at radius 2 is 1.84 bits per heavy atom. The molecule has 8 nitrogen and oxygen atoms in total. The molecule has 0 saturated carbocycles. The summed E-state index contributed by atoms with van der Waals surface area (Å²) in [7, 11) is -2.60. The molecule has 0 unspecified atom stereocenters. The Kier molecular flexibility index (Phi) is 7.75. The van der Waals surface area contributed by atoms with Crippen LogP contribution in [0.25, 0.3) is 0 Å². The van der Waals surface area contributed by atoms with E-state index in [2.05, 4.69) is 15.5 Å². The molecular formula is C21H24N4O4S3. The Bertz CT molecular complexity index is 1180. The molecular weight excluding hydrogens is 468 g/mol. The molecule has 0 aliphatic rings. The van der Waals surface area contributed by atoms with Crippen molar-refractivity contribution in [2.45, 2.75) is 35.3 Å². The molecule has 3 aromatic rings. The van der Waals surface area contributed by atoms with E-state index < -0.39 is 22.5 Å². The highest BCUT2D eigenvalue weighted by Gasteiger charge is 2.29. The highest BCUT2D eigenvalue weighted by atomic mass is 32.2. The third kappa shape index (κ3) is 5.78. The molecule has 1 heterocycles. The number of nitrogens with one attached hydrogen (secondary N) is 1. The lowest BCUT2D eigenvalue weighted by molar-refractivity contribution is -0.114. The molecule has 0 spiro atoms. The second kappa shape index (κ2) is 10.3. The number of aromatic nitrogens is 2. The van der Waals surface area contributed by atoms with Gasteiger partial charge in [0.15, 0.2) is 4.34 Å². The van der Waals surface area contributed by atoms with Crippen molar-refractivity contribution in [3.8, 4) is 5.75 Å². The van der Waals surface area contributed by atoms with Gasteiger partial charge in [-0.05, 0) is 31.2 Å². The molecule has 11 heteroatoms. The van der Waals surface area contributed by atoms with Crippen LogP contribution in [-0.4, -0.2) is 43.4 Å². The molecule has 0 saturated heterocycles. The number of carbonyl (C=O) groups is 1. The molecule has 0 atom stereocenters. The van der Waals surface area contributed by atoms with E-state index in [1.165, 1.54) is 42.3 Å². The maximum absolute atomic E-state index is 13.5. The van der Waals surface area contributed by atoms with Gasteiger partial charge < -0.3 is 4.74 Å². The van der Waals surface area contributed by atoms with Crippen LogP contribution in [0.5, 0.6) is 5.75 Å². The average Bonchev–Trinajstić information content (AvgIpc) is 3.18. The predicted molar refractivity (Wildman–Crippen MR) is 128 cm³/mol. The zero-order chi connectivity index (χ0) is 23.3. The Morgan fingerprint density at radius 3 is 2.50 bits per heavy atom. The van der Waals surface area contributed by atoms with Crippen molar-refractivity contribution in [2.24, 2.45) is 0 Å². The summed E-state index contributed by atoms with van der Waals surface area (Å²) in [5.74, 6) is -0.202. The maximum atomic E-state index is 13.5. The van der Waals surface area contributed by atoms with Crippen molar-refractivity contribution < 1.29 is 17.9 Å². The zero-order valence-corrected chi connectivity index (χ0v) is 20.6. The summed E-state index contributed by atoms with van der Waals surface area (Å²) in [6.45, 7) is 5.48. The highest BCUT2D eigenvalue weighted by Crippen LogP contribution is 2.33. The molecule has 2 aromatic carbocycles. The number of sulfonamides is 1. The number of anilines is 2. The number of nitrogens with zero attached hydrogens (tertiary/aromatic N) is 3. The third-order valence-electron chi connectivity index (χ3n) is 4.24. The lowest BCUT2D eigenvalue weighted by Crippen LogP contribution is -2.38. The predicted octanol–water partition coefficient (Wildman–Crippen LogP) is 4.19. The summed E-state index contributed by atoms with van der Waals surface area (Å²) >= 11 is 2.78. The van der Waals surface area contributed by atoms with Gasteiger partial charge in [0, 0.05) is 5.25 Å². The van der Waals surface area contributed by atoms with E-state index in [0.717, 1.165) is 14.2 Å². The van der Waals surface area contributed by atoms with Gasteiger partial charge in [-0.25, -0.2) is 8.42 Å². The van der Waals surface area contributed by atoms with Crippen LogP contribution >= 0.6 is 23.1 Å². The van der Waals surface area contributed by atoms with E-state index >= 15 is 0 Å². The number of hydrogen-bond donors (Lipinski definition) is 1. The molecule has 3 rings (SSSR count). The number of amides is 1. The van der Waals surface area contributed by atoms with Crippen molar-refractivity contribution in [2.75, 3.05) is 23.3 Å². The number of ether oxygens (including phenoxy) is 1. The summed E-state index contributed by atoms with van der Waals surface area (Å²) in [5.41, 5.74) is 1.19. The minimum atomic E-state index is -4.05. The fourth-order valence-electron chi connectivity index (χ4n) is 2.77. The smallest absolute Gasteiger partial charge is 0.264 e. The minimum absolute atomic E-state index is 0.0772. The average molecular weight is 493 g/mol. The zero-order valence-electron chi connectivity index (χ0n) is 18.1. The molecule has 1 N–H and O–H groups in total. The fourth-order valence-corrected chi connectivity index (χ4v) is 6.19. The van der Waals surface area contributed by atoms with Gasteiger partial charge in [0.1, 0.15) is 12.3 Å². The Balaban J connectivity index is 1.91. The van der Waals surface area contributed by atoms with Crippen LogP contribution in [0.4, 0.5) is 10.8 Å². The number of benzene rings is 2.